The molecule has 35 heavy (non-hydrogen) atoms. The lowest BCUT2D eigenvalue weighted by atomic mass is 9.75. The molecule has 0 spiro atoms. The van der Waals surface area contributed by atoms with E-state index in [1.165, 1.54) is 14.2 Å². The number of piperidine rings is 1. The number of rotatable bonds is 3. The van der Waals surface area contributed by atoms with Crippen molar-refractivity contribution >= 4 is 28.9 Å². The van der Waals surface area contributed by atoms with Gasteiger partial charge in [-0.25, -0.2) is 9.36 Å². The number of carbonyl (C=O) groups is 3. The number of benzene rings is 1. The van der Waals surface area contributed by atoms with Crippen molar-refractivity contribution in [3.8, 4) is 0 Å². The van der Waals surface area contributed by atoms with Gasteiger partial charge in [0.25, 0.3) is 0 Å². The van der Waals surface area contributed by atoms with Gasteiger partial charge in [-0.2, -0.15) is 0 Å². The average molecular weight is 483 g/mol. The molecule has 2 aromatic rings. The summed E-state index contributed by atoms with van der Waals surface area (Å²) < 4.78 is 17.5. The van der Waals surface area contributed by atoms with Crippen molar-refractivity contribution < 1.29 is 28.6 Å². The zero-order valence-electron chi connectivity index (χ0n) is 21.3. The smallest absolute Gasteiger partial charge is 0.419 e. The molecule has 2 aliphatic heterocycles. The molecular weight excluding hydrogens is 448 g/mol. The third-order valence-corrected chi connectivity index (χ3v) is 7.02. The molecule has 0 bridgehead atoms. The van der Waals surface area contributed by atoms with Gasteiger partial charge >= 0.3 is 18.0 Å². The van der Waals surface area contributed by atoms with Gasteiger partial charge in [0, 0.05) is 24.4 Å². The van der Waals surface area contributed by atoms with Crippen molar-refractivity contribution in [1.29, 1.82) is 0 Å². The van der Waals surface area contributed by atoms with Gasteiger partial charge in [0.05, 0.1) is 31.5 Å². The van der Waals surface area contributed by atoms with Crippen LogP contribution in [0.3, 0.4) is 0 Å². The van der Waals surface area contributed by atoms with E-state index in [4.69, 9.17) is 14.2 Å². The SMILES string of the molecule is C/C=C1/CN2CCc3c(n(C(=O)OC(C)(C)C)c4ccccc34)[C@@H]2C[C@@H]1C(C(=O)OC)C(=O)OC. The normalized spacial score (nSPS) is 21.5. The predicted octanol–water partition coefficient (Wildman–Crippen LogP) is 4.25. The molecule has 0 saturated carbocycles. The number of nitrogens with zero attached hydrogens (tertiary/aromatic N) is 2. The van der Waals surface area contributed by atoms with Gasteiger partial charge in [-0.3, -0.25) is 14.5 Å². The molecule has 0 radical (unpaired) electrons. The summed E-state index contributed by atoms with van der Waals surface area (Å²) in [6, 6.07) is 7.68. The monoisotopic (exact) mass is 482 g/mol. The number of hydrogen-bond acceptors (Lipinski definition) is 7. The van der Waals surface area contributed by atoms with Gasteiger partial charge in [0.2, 0.25) is 0 Å². The van der Waals surface area contributed by atoms with Crippen LogP contribution < -0.4 is 0 Å². The van der Waals surface area contributed by atoms with E-state index in [9.17, 15) is 14.4 Å². The van der Waals surface area contributed by atoms with Crippen molar-refractivity contribution in [3.63, 3.8) is 0 Å². The fourth-order valence-electron chi connectivity index (χ4n) is 5.56. The fraction of sp³-hybridized carbons (Fsp3) is 0.519. The molecule has 188 valence electrons. The number of esters is 2. The first kappa shape index (κ1) is 25.0. The van der Waals surface area contributed by atoms with Crippen molar-refractivity contribution in [2.75, 3.05) is 27.3 Å². The van der Waals surface area contributed by atoms with Crippen molar-refractivity contribution in [2.24, 2.45) is 11.8 Å². The number of hydrogen-bond donors (Lipinski definition) is 0. The Kier molecular flexibility index (Phi) is 6.77. The highest BCUT2D eigenvalue weighted by molar-refractivity contribution is 5.96. The number of aromatic nitrogens is 1. The van der Waals surface area contributed by atoms with Gasteiger partial charge in [-0.15, -0.1) is 0 Å². The maximum absolute atomic E-state index is 13.5. The molecule has 0 amide bonds. The second-order valence-corrected chi connectivity index (χ2v) is 10.2. The lowest BCUT2D eigenvalue weighted by molar-refractivity contribution is -0.161. The van der Waals surface area contributed by atoms with Crippen LogP contribution in [0.5, 0.6) is 0 Å². The van der Waals surface area contributed by atoms with Crippen molar-refractivity contribution in [2.45, 2.75) is 52.2 Å². The van der Waals surface area contributed by atoms with E-state index in [1.54, 1.807) is 4.57 Å². The van der Waals surface area contributed by atoms with Gasteiger partial charge < -0.3 is 14.2 Å². The van der Waals surface area contributed by atoms with Crippen LogP contribution in [-0.4, -0.2) is 60.4 Å². The van der Waals surface area contributed by atoms with Crippen molar-refractivity contribution in [1.82, 2.24) is 9.47 Å². The number of ether oxygens (including phenoxy) is 3. The summed E-state index contributed by atoms with van der Waals surface area (Å²) in [5, 5.41) is 1.03. The Morgan fingerprint density at radius 1 is 1.09 bits per heavy atom. The van der Waals surface area contributed by atoms with E-state index in [-0.39, 0.29) is 6.04 Å². The van der Waals surface area contributed by atoms with Gasteiger partial charge in [-0.1, -0.05) is 29.8 Å². The minimum Gasteiger partial charge on any atom is -0.468 e. The Balaban J connectivity index is 1.86. The summed E-state index contributed by atoms with van der Waals surface area (Å²) in [6.07, 6.45) is 2.81. The van der Waals surface area contributed by atoms with Gasteiger partial charge in [-0.05, 0) is 52.2 Å². The molecule has 1 aromatic heterocycles. The average Bonchev–Trinajstić information content (AvgIpc) is 3.17. The zero-order chi connectivity index (χ0) is 25.5. The Hall–Kier alpha value is -3.13. The molecule has 0 aliphatic carbocycles. The lowest BCUT2D eigenvalue weighted by Crippen LogP contribution is -2.47. The molecule has 0 unspecified atom stereocenters. The van der Waals surface area contributed by atoms with Crippen LogP contribution in [0.1, 0.15) is 51.4 Å². The summed E-state index contributed by atoms with van der Waals surface area (Å²) in [5.41, 5.74) is 3.13. The van der Waals surface area contributed by atoms with Crippen LogP contribution in [0.2, 0.25) is 0 Å². The van der Waals surface area contributed by atoms with Crippen LogP contribution >= 0.6 is 0 Å². The Morgan fingerprint density at radius 3 is 2.34 bits per heavy atom. The maximum atomic E-state index is 13.5. The Bertz CT molecular complexity index is 1170. The minimum absolute atomic E-state index is 0.177. The number of para-hydroxylation sites is 1. The minimum atomic E-state index is -1.07. The highest BCUT2D eigenvalue weighted by atomic mass is 16.6. The van der Waals surface area contributed by atoms with E-state index >= 15 is 0 Å². The molecule has 4 rings (SSSR count). The molecule has 1 fully saturated rings. The molecule has 1 saturated heterocycles. The molecule has 1 aromatic carbocycles. The van der Waals surface area contributed by atoms with E-state index in [0.717, 1.165) is 40.7 Å². The summed E-state index contributed by atoms with van der Waals surface area (Å²) >= 11 is 0. The molecule has 8 nitrogen and oxygen atoms in total. The van der Waals surface area contributed by atoms with Gasteiger partial charge in [0.15, 0.2) is 5.92 Å². The first-order valence-electron chi connectivity index (χ1n) is 12.0. The predicted molar refractivity (Wildman–Crippen MR) is 131 cm³/mol. The molecule has 8 heteroatoms. The second-order valence-electron chi connectivity index (χ2n) is 10.2. The molecular formula is C27H34N2O6. The quantitative estimate of drug-likeness (QED) is 0.280. The number of allylic oxidation sites excluding steroid dienone is 1. The van der Waals surface area contributed by atoms with Crippen molar-refractivity contribution in [3.05, 3.63) is 47.2 Å². The number of fused-ring (bicyclic) bond motifs is 5. The highest BCUT2D eigenvalue weighted by Gasteiger charge is 2.47. The number of methoxy groups -OCH3 is 2. The summed E-state index contributed by atoms with van der Waals surface area (Å²) in [7, 11) is 2.56. The van der Waals surface area contributed by atoms with E-state index in [2.05, 4.69) is 4.90 Å². The van der Waals surface area contributed by atoms with Crippen LogP contribution in [-0.2, 0) is 30.2 Å². The fourth-order valence-corrected chi connectivity index (χ4v) is 5.56. The van der Waals surface area contributed by atoms with Crippen LogP contribution in [0.4, 0.5) is 4.79 Å². The van der Waals surface area contributed by atoms with E-state index in [0.29, 0.717) is 13.0 Å². The third kappa shape index (κ3) is 4.47. The van der Waals surface area contributed by atoms with E-state index < -0.39 is 35.5 Å². The first-order chi connectivity index (χ1) is 16.6. The molecule has 0 N–H and O–H groups in total. The van der Waals surface area contributed by atoms with Crippen LogP contribution in [0.25, 0.3) is 10.9 Å². The number of carbonyl (C=O) groups excluding carboxylic acids is 3. The van der Waals surface area contributed by atoms with Gasteiger partial charge in [0.1, 0.15) is 5.60 Å². The maximum Gasteiger partial charge on any atom is 0.419 e. The molecule has 2 aliphatic rings. The van der Waals surface area contributed by atoms with Crippen LogP contribution in [0, 0.1) is 11.8 Å². The molecule has 3 heterocycles. The lowest BCUT2D eigenvalue weighted by Gasteiger charge is -2.45. The van der Waals surface area contributed by atoms with E-state index in [1.807, 2.05) is 58.0 Å². The second kappa shape index (κ2) is 9.49. The summed E-state index contributed by atoms with van der Waals surface area (Å²) in [4.78, 5) is 41.2. The summed E-state index contributed by atoms with van der Waals surface area (Å²) in [5.74, 6) is -2.70. The standard InChI is InChI=1S/C27H34N2O6/c1-7-16-15-28-13-12-18-17-10-8-9-11-20(17)29(26(32)35-27(2,3)4)23(18)21(28)14-19(16)22(24(30)33-5)25(31)34-6/h7-11,19,21-22H,12-15H2,1-6H3/b16-7-/t19-,21-/m0/s1. The third-order valence-electron chi connectivity index (χ3n) is 7.02. The van der Waals surface area contributed by atoms with Crippen LogP contribution in [0.15, 0.2) is 35.9 Å². The Labute approximate surface area is 205 Å². The largest absolute Gasteiger partial charge is 0.468 e. The topological polar surface area (TPSA) is 87.1 Å². The molecule has 2 atom stereocenters. The zero-order valence-corrected chi connectivity index (χ0v) is 21.3. The highest BCUT2D eigenvalue weighted by Crippen LogP contribution is 2.46. The summed E-state index contributed by atoms with van der Waals surface area (Å²) in [6.45, 7) is 8.86. The Morgan fingerprint density at radius 2 is 1.74 bits per heavy atom. The first-order valence-corrected chi connectivity index (χ1v) is 12.0.